The lowest BCUT2D eigenvalue weighted by Gasteiger charge is -2.00. The smallest absolute Gasteiger partial charge is 0.407 e. The Labute approximate surface area is 108 Å². The van der Waals surface area contributed by atoms with Gasteiger partial charge in [-0.25, -0.2) is 9.18 Å². The number of hydrogen-bond donors (Lipinski definition) is 1. The van der Waals surface area contributed by atoms with Gasteiger partial charge in [-0.2, -0.15) is 4.98 Å². The highest BCUT2D eigenvalue weighted by Gasteiger charge is 2.10. The average Bonchev–Trinajstić information content (AvgIpc) is 2.86. The summed E-state index contributed by atoms with van der Waals surface area (Å²) < 4.78 is 22.4. The molecule has 1 amide bonds. The van der Waals surface area contributed by atoms with Crippen LogP contribution in [0.2, 0.25) is 0 Å². The molecule has 19 heavy (non-hydrogen) atoms. The standard InChI is InChI=1S/C12H12FN3O3/c1-2-18-12(17)14-7-10-15-11(16-19-10)8-3-5-9(13)6-4-8/h3-6H,2,7H2,1H3,(H,14,17). The van der Waals surface area contributed by atoms with Gasteiger partial charge in [0, 0.05) is 5.56 Å². The molecule has 0 unspecified atom stereocenters. The van der Waals surface area contributed by atoms with Crippen molar-refractivity contribution in [2.45, 2.75) is 13.5 Å². The SMILES string of the molecule is CCOC(=O)NCc1nc(-c2ccc(F)cc2)no1. The molecule has 0 aliphatic rings. The largest absolute Gasteiger partial charge is 0.450 e. The van der Waals surface area contributed by atoms with E-state index in [1.165, 1.54) is 12.1 Å². The first-order chi connectivity index (χ1) is 9.19. The lowest BCUT2D eigenvalue weighted by Crippen LogP contribution is -2.23. The fourth-order valence-electron chi connectivity index (χ4n) is 1.37. The normalized spacial score (nSPS) is 10.2. The number of hydrogen-bond acceptors (Lipinski definition) is 5. The minimum atomic E-state index is -0.552. The van der Waals surface area contributed by atoms with Gasteiger partial charge in [-0.15, -0.1) is 0 Å². The third-order valence-electron chi connectivity index (χ3n) is 2.23. The second-order valence-corrected chi connectivity index (χ2v) is 3.59. The lowest BCUT2D eigenvalue weighted by atomic mass is 10.2. The predicted molar refractivity (Wildman–Crippen MR) is 63.6 cm³/mol. The molecule has 0 saturated heterocycles. The molecule has 6 nitrogen and oxygen atoms in total. The summed E-state index contributed by atoms with van der Waals surface area (Å²) in [6.45, 7) is 2.07. The molecule has 0 atom stereocenters. The van der Waals surface area contributed by atoms with Gasteiger partial charge in [0.1, 0.15) is 12.4 Å². The first-order valence-electron chi connectivity index (χ1n) is 5.68. The second kappa shape index (κ2) is 5.94. The van der Waals surface area contributed by atoms with E-state index in [1.807, 2.05) is 0 Å². The van der Waals surface area contributed by atoms with Crippen molar-refractivity contribution in [3.05, 3.63) is 36.0 Å². The lowest BCUT2D eigenvalue weighted by molar-refractivity contribution is 0.150. The zero-order valence-corrected chi connectivity index (χ0v) is 10.2. The van der Waals surface area contributed by atoms with E-state index in [4.69, 9.17) is 4.52 Å². The van der Waals surface area contributed by atoms with Crippen LogP contribution in [0.15, 0.2) is 28.8 Å². The second-order valence-electron chi connectivity index (χ2n) is 3.59. The third-order valence-corrected chi connectivity index (χ3v) is 2.23. The van der Waals surface area contributed by atoms with Crippen molar-refractivity contribution in [3.63, 3.8) is 0 Å². The summed E-state index contributed by atoms with van der Waals surface area (Å²) in [4.78, 5) is 15.1. The van der Waals surface area contributed by atoms with Gasteiger partial charge in [-0.05, 0) is 31.2 Å². The Morgan fingerprint density at radius 3 is 2.84 bits per heavy atom. The van der Waals surface area contributed by atoms with E-state index < -0.39 is 6.09 Å². The molecule has 7 heteroatoms. The Balaban J connectivity index is 1.99. The molecule has 0 fully saturated rings. The molecular formula is C12H12FN3O3. The maximum atomic E-state index is 12.8. The molecule has 2 rings (SSSR count). The maximum Gasteiger partial charge on any atom is 0.407 e. The Hall–Kier alpha value is -2.44. The third kappa shape index (κ3) is 3.51. The molecule has 0 aliphatic heterocycles. The van der Waals surface area contributed by atoms with E-state index in [0.717, 1.165) is 0 Å². The molecule has 1 heterocycles. The van der Waals surface area contributed by atoms with E-state index in [0.29, 0.717) is 11.4 Å². The summed E-state index contributed by atoms with van der Waals surface area (Å²) in [5.74, 6) is 0.240. The fourth-order valence-corrected chi connectivity index (χ4v) is 1.37. The van der Waals surface area contributed by atoms with Gasteiger partial charge in [-0.1, -0.05) is 5.16 Å². The van der Waals surface area contributed by atoms with Crippen molar-refractivity contribution in [3.8, 4) is 11.4 Å². The van der Waals surface area contributed by atoms with Crippen molar-refractivity contribution in [1.29, 1.82) is 0 Å². The Bertz CT molecular complexity index is 554. The van der Waals surface area contributed by atoms with Crippen LogP contribution in [0, 0.1) is 5.82 Å². The quantitative estimate of drug-likeness (QED) is 0.916. The predicted octanol–water partition coefficient (Wildman–Crippen LogP) is 2.12. The molecule has 2 aromatic rings. The number of aromatic nitrogens is 2. The number of carbonyl (C=O) groups is 1. The maximum absolute atomic E-state index is 12.8. The van der Waals surface area contributed by atoms with Gasteiger partial charge in [0.05, 0.1) is 6.61 Å². The van der Waals surface area contributed by atoms with Crippen molar-refractivity contribution in [2.24, 2.45) is 0 Å². The molecule has 1 aromatic carbocycles. The number of alkyl carbamates (subject to hydrolysis) is 1. The van der Waals surface area contributed by atoms with E-state index >= 15 is 0 Å². The van der Waals surface area contributed by atoms with Gasteiger partial charge in [0.2, 0.25) is 11.7 Å². The highest BCUT2D eigenvalue weighted by atomic mass is 19.1. The van der Waals surface area contributed by atoms with E-state index in [2.05, 4.69) is 20.2 Å². The van der Waals surface area contributed by atoms with Crippen LogP contribution in [-0.4, -0.2) is 22.8 Å². The monoisotopic (exact) mass is 265 g/mol. The van der Waals surface area contributed by atoms with Crippen LogP contribution in [0.3, 0.4) is 0 Å². The van der Waals surface area contributed by atoms with Crippen molar-refractivity contribution >= 4 is 6.09 Å². The minimum Gasteiger partial charge on any atom is -0.450 e. The number of rotatable bonds is 4. The zero-order chi connectivity index (χ0) is 13.7. The molecule has 1 aromatic heterocycles. The molecule has 0 radical (unpaired) electrons. The van der Waals surface area contributed by atoms with E-state index in [1.54, 1.807) is 19.1 Å². The minimum absolute atomic E-state index is 0.0764. The molecule has 0 bridgehead atoms. The molecule has 1 N–H and O–H groups in total. The van der Waals surface area contributed by atoms with Gasteiger partial charge < -0.3 is 14.6 Å². The molecule has 0 aliphatic carbocycles. The number of nitrogens with zero attached hydrogens (tertiary/aromatic N) is 2. The number of amides is 1. The average molecular weight is 265 g/mol. The van der Waals surface area contributed by atoms with Crippen molar-refractivity contribution in [2.75, 3.05) is 6.61 Å². The Morgan fingerprint density at radius 2 is 2.16 bits per heavy atom. The van der Waals surface area contributed by atoms with Gasteiger partial charge in [-0.3, -0.25) is 0 Å². The molecular weight excluding hydrogens is 253 g/mol. The first-order valence-corrected chi connectivity index (χ1v) is 5.68. The summed E-state index contributed by atoms with van der Waals surface area (Å²) in [5.41, 5.74) is 0.632. The van der Waals surface area contributed by atoms with Crippen LogP contribution in [0.5, 0.6) is 0 Å². The zero-order valence-electron chi connectivity index (χ0n) is 10.2. The Kier molecular flexibility index (Phi) is 4.07. The van der Waals surface area contributed by atoms with Crippen LogP contribution >= 0.6 is 0 Å². The highest BCUT2D eigenvalue weighted by molar-refractivity contribution is 5.66. The Morgan fingerprint density at radius 1 is 1.42 bits per heavy atom. The van der Waals surface area contributed by atoms with E-state index in [9.17, 15) is 9.18 Å². The number of halogens is 1. The van der Waals surface area contributed by atoms with Crippen LogP contribution in [0.1, 0.15) is 12.8 Å². The summed E-state index contributed by atoms with van der Waals surface area (Å²) in [6.07, 6.45) is -0.552. The summed E-state index contributed by atoms with van der Waals surface area (Å²) in [5, 5.41) is 6.20. The van der Waals surface area contributed by atoms with Gasteiger partial charge >= 0.3 is 6.09 Å². The fraction of sp³-hybridized carbons (Fsp3) is 0.250. The highest BCUT2D eigenvalue weighted by Crippen LogP contribution is 2.15. The van der Waals surface area contributed by atoms with Crippen LogP contribution in [-0.2, 0) is 11.3 Å². The summed E-state index contributed by atoms with van der Waals surface area (Å²) >= 11 is 0. The van der Waals surface area contributed by atoms with Gasteiger partial charge in [0.15, 0.2) is 0 Å². The van der Waals surface area contributed by atoms with Gasteiger partial charge in [0.25, 0.3) is 0 Å². The van der Waals surface area contributed by atoms with Crippen molar-refractivity contribution < 1.29 is 18.4 Å². The summed E-state index contributed by atoms with van der Waals surface area (Å²) in [7, 11) is 0. The van der Waals surface area contributed by atoms with Crippen molar-refractivity contribution in [1.82, 2.24) is 15.5 Å². The molecule has 0 saturated carbocycles. The number of nitrogens with one attached hydrogen (secondary N) is 1. The number of benzene rings is 1. The number of carbonyl (C=O) groups excluding carboxylic acids is 1. The topological polar surface area (TPSA) is 77.2 Å². The molecule has 0 spiro atoms. The van der Waals surface area contributed by atoms with Crippen LogP contribution in [0.4, 0.5) is 9.18 Å². The van der Waals surface area contributed by atoms with Crippen LogP contribution in [0.25, 0.3) is 11.4 Å². The molecule has 100 valence electrons. The van der Waals surface area contributed by atoms with E-state index in [-0.39, 0.29) is 24.9 Å². The number of ether oxygens (including phenoxy) is 1. The van der Waals surface area contributed by atoms with Crippen LogP contribution < -0.4 is 5.32 Å². The summed E-state index contributed by atoms with van der Waals surface area (Å²) in [6, 6.07) is 5.70. The first kappa shape index (κ1) is 13.0.